The molecule has 0 aliphatic heterocycles. The minimum absolute atomic E-state index is 0.131. The van der Waals surface area contributed by atoms with Gasteiger partial charge >= 0.3 is 10.2 Å². The van der Waals surface area contributed by atoms with Crippen LogP contribution in [0.15, 0.2) is 28.7 Å². The van der Waals surface area contributed by atoms with Crippen LogP contribution in [0.1, 0.15) is 11.4 Å². The topological polar surface area (TPSA) is 117 Å². The number of nitroso groups, excluding NO2 is 1. The Labute approximate surface area is 153 Å². The van der Waals surface area contributed by atoms with E-state index in [1.165, 1.54) is 32.4 Å². The fraction of sp³-hybridized carbons (Fsp3) is 0.231. The number of aromatic nitrogens is 2. The molecule has 0 aliphatic carbocycles. The van der Waals surface area contributed by atoms with Gasteiger partial charge in [-0.3, -0.25) is 0 Å². The molecular formula is C13H13Cl2N5O4S. The molecule has 25 heavy (non-hydrogen) atoms. The maximum Gasteiger partial charge on any atom is 0.308 e. The van der Waals surface area contributed by atoms with Gasteiger partial charge in [-0.1, -0.05) is 33.5 Å². The maximum absolute atomic E-state index is 12.4. The molecule has 0 amide bonds. The minimum atomic E-state index is -3.91. The first-order chi connectivity index (χ1) is 11.7. The van der Waals surface area contributed by atoms with Crippen molar-refractivity contribution in [2.24, 2.45) is 10.3 Å². The number of imidazole rings is 1. The highest BCUT2D eigenvalue weighted by molar-refractivity contribution is 7.87. The number of oxime groups is 1. The Morgan fingerprint density at radius 2 is 2.04 bits per heavy atom. The van der Waals surface area contributed by atoms with E-state index in [0.29, 0.717) is 11.1 Å². The molecule has 0 radical (unpaired) electrons. The van der Waals surface area contributed by atoms with Crippen molar-refractivity contribution >= 4 is 39.6 Å². The van der Waals surface area contributed by atoms with Gasteiger partial charge in [-0.2, -0.15) is 17.6 Å². The van der Waals surface area contributed by atoms with Crippen molar-refractivity contribution in [3.05, 3.63) is 44.7 Å². The molecule has 0 bridgehead atoms. The van der Waals surface area contributed by atoms with Gasteiger partial charge in [0.1, 0.15) is 12.8 Å². The Hall–Kier alpha value is -2.01. The van der Waals surface area contributed by atoms with Gasteiger partial charge in [-0.05, 0) is 12.1 Å². The monoisotopic (exact) mass is 405 g/mol. The molecule has 0 spiro atoms. The highest BCUT2D eigenvalue weighted by Crippen LogP contribution is 2.35. The number of hydrogen-bond donors (Lipinski definition) is 1. The lowest BCUT2D eigenvalue weighted by Gasteiger charge is -2.12. The Morgan fingerprint density at radius 1 is 1.36 bits per heavy atom. The summed E-state index contributed by atoms with van der Waals surface area (Å²) in [5, 5.41) is 14.7. The predicted octanol–water partition coefficient (Wildman–Crippen LogP) is 2.59. The van der Waals surface area contributed by atoms with Crippen LogP contribution in [0.25, 0.3) is 11.3 Å². The number of rotatable bonds is 6. The second-order valence-corrected chi connectivity index (χ2v) is 7.79. The summed E-state index contributed by atoms with van der Waals surface area (Å²) in [5.74, 6) is -0.132. The van der Waals surface area contributed by atoms with Gasteiger partial charge in [0.05, 0.1) is 16.9 Å². The number of nitrogens with zero attached hydrogens (tertiary/aromatic N) is 5. The summed E-state index contributed by atoms with van der Waals surface area (Å²) in [6, 6.07) is 3.04. The van der Waals surface area contributed by atoms with Crippen LogP contribution >= 0.6 is 23.2 Å². The lowest BCUT2D eigenvalue weighted by atomic mass is 10.1. The van der Waals surface area contributed by atoms with Crippen LogP contribution < -0.4 is 0 Å². The molecule has 2 rings (SSSR count). The molecule has 1 heterocycles. The second kappa shape index (κ2) is 7.48. The van der Waals surface area contributed by atoms with E-state index in [4.69, 9.17) is 28.4 Å². The Bertz CT molecular complexity index is 940. The van der Waals surface area contributed by atoms with Crippen LogP contribution in [-0.4, -0.2) is 47.2 Å². The zero-order valence-electron chi connectivity index (χ0n) is 13.1. The Morgan fingerprint density at radius 3 is 2.60 bits per heavy atom. The molecule has 0 atom stereocenters. The van der Waals surface area contributed by atoms with E-state index in [2.05, 4.69) is 15.3 Å². The number of benzene rings is 1. The van der Waals surface area contributed by atoms with Crippen molar-refractivity contribution < 1.29 is 13.6 Å². The van der Waals surface area contributed by atoms with Crippen LogP contribution in [0.2, 0.25) is 10.0 Å². The van der Waals surface area contributed by atoms with Crippen molar-refractivity contribution in [3.63, 3.8) is 0 Å². The Balaban J connectivity index is 2.70. The molecular weight excluding hydrogens is 393 g/mol. The average molecular weight is 406 g/mol. The van der Waals surface area contributed by atoms with Crippen LogP contribution in [-0.2, 0) is 16.8 Å². The van der Waals surface area contributed by atoms with Gasteiger partial charge in [0.25, 0.3) is 0 Å². The molecule has 0 saturated carbocycles. The first-order valence-electron chi connectivity index (χ1n) is 6.70. The summed E-state index contributed by atoms with van der Waals surface area (Å²) in [6.45, 7) is -0.243. The zero-order chi connectivity index (χ0) is 18.8. The fourth-order valence-corrected chi connectivity index (χ4v) is 3.51. The summed E-state index contributed by atoms with van der Waals surface area (Å²) in [4.78, 5) is 14.7. The highest BCUT2D eigenvalue weighted by Gasteiger charge is 2.23. The minimum Gasteiger partial charge on any atom is -0.411 e. The summed E-state index contributed by atoms with van der Waals surface area (Å²) in [7, 11) is -1.22. The summed E-state index contributed by atoms with van der Waals surface area (Å²) in [6.07, 6.45) is 2.10. The molecule has 1 N–H and O–H groups in total. The van der Waals surface area contributed by atoms with Crippen molar-refractivity contribution in [2.75, 3.05) is 14.1 Å². The standard InChI is InChI=1S/C13H13Cl2N5O4S/c1-19(2)25(23,24)20-7-11(18-12(20)6-17-22)8-3-4-10(14)9(5-16-21)13(8)15/h3-4,6-7,22H,5H2,1-2H3. The van der Waals surface area contributed by atoms with E-state index in [-0.39, 0.29) is 28.1 Å². The third-order valence-corrected chi connectivity index (χ3v) is 5.77. The lowest BCUT2D eigenvalue weighted by Crippen LogP contribution is -2.29. The van der Waals surface area contributed by atoms with E-state index in [9.17, 15) is 13.3 Å². The average Bonchev–Trinajstić information content (AvgIpc) is 2.96. The smallest absolute Gasteiger partial charge is 0.308 e. The fourth-order valence-electron chi connectivity index (χ4n) is 2.01. The van der Waals surface area contributed by atoms with Crippen LogP contribution in [0.4, 0.5) is 0 Å². The first kappa shape index (κ1) is 19.3. The van der Waals surface area contributed by atoms with Gasteiger partial charge in [-0.15, -0.1) is 0 Å². The van der Waals surface area contributed by atoms with E-state index >= 15 is 0 Å². The highest BCUT2D eigenvalue weighted by atomic mass is 35.5. The summed E-state index contributed by atoms with van der Waals surface area (Å²) < 4.78 is 26.6. The maximum atomic E-state index is 12.4. The lowest BCUT2D eigenvalue weighted by molar-refractivity contribution is 0.321. The zero-order valence-corrected chi connectivity index (χ0v) is 15.4. The number of hydrogen-bond acceptors (Lipinski definition) is 7. The predicted molar refractivity (Wildman–Crippen MR) is 94.6 cm³/mol. The third kappa shape index (κ3) is 3.66. The molecule has 9 nitrogen and oxygen atoms in total. The third-order valence-electron chi connectivity index (χ3n) is 3.27. The van der Waals surface area contributed by atoms with E-state index in [0.717, 1.165) is 14.5 Å². The van der Waals surface area contributed by atoms with Crippen molar-refractivity contribution in [3.8, 4) is 11.3 Å². The van der Waals surface area contributed by atoms with Crippen molar-refractivity contribution in [1.29, 1.82) is 0 Å². The molecule has 0 fully saturated rings. The normalized spacial score (nSPS) is 12.2. The molecule has 0 unspecified atom stereocenters. The van der Waals surface area contributed by atoms with Crippen molar-refractivity contribution in [2.45, 2.75) is 6.54 Å². The largest absolute Gasteiger partial charge is 0.411 e. The molecule has 1 aromatic heterocycles. The van der Waals surface area contributed by atoms with E-state index < -0.39 is 10.2 Å². The molecule has 2 aromatic rings. The van der Waals surface area contributed by atoms with Gasteiger partial charge in [0.2, 0.25) is 0 Å². The Kier molecular flexibility index (Phi) is 5.78. The summed E-state index contributed by atoms with van der Waals surface area (Å²) in [5.41, 5.74) is 0.845. The quantitative estimate of drug-likeness (QED) is 0.343. The van der Waals surface area contributed by atoms with Crippen LogP contribution in [0.5, 0.6) is 0 Å². The van der Waals surface area contributed by atoms with E-state index in [1.807, 2.05) is 0 Å². The molecule has 0 saturated heterocycles. The van der Waals surface area contributed by atoms with E-state index in [1.54, 1.807) is 0 Å². The van der Waals surface area contributed by atoms with Crippen LogP contribution in [0, 0.1) is 4.91 Å². The van der Waals surface area contributed by atoms with Gasteiger partial charge < -0.3 is 5.21 Å². The molecule has 1 aromatic carbocycles. The molecule has 134 valence electrons. The molecule has 12 heteroatoms. The summed E-state index contributed by atoms with van der Waals surface area (Å²) >= 11 is 12.3. The molecule has 0 aliphatic rings. The van der Waals surface area contributed by atoms with Gasteiger partial charge in [0, 0.05) is 30.2 Å². The van der Waals surface area contributed by atoms with Gasteiger partial charge in [0.15, 0.2) is 5.82 Å². The SMILES string of the molecule is CN(C)S(=O)(=O)n1cc(-c2ccc(Cl)c(CN=O)c2Cl)nc1C=NO. The van der Waals surface area contributed by atoms with Crippen LogP contribution in [0.3, 0.4) is 0 Å². The first-order valence-corrected chi connectivity index (χ1v) is 8.85. The van der Waals surface area contributed by atoms with Gasteiger partial charge in [-0.25, -0.2) is 8.96 Å². The second-order valence-electron chi connectivity index (χ2n) is 4.99. The number of halogens is 2. The van der Waals surface area contributed by atoms with Crippen molar-refractivity contribution in [1.82, 2.24) is 13.3 Å².